The van der Waals surface area contributed by atoms with Crippen molar-refractivity contribution in [3.05, 3.63) is 41.6 Å². The molecule has 0 aliphatic heterocycles. The second kappa shape index (κ2) is 4.04. The number of hydrogen-bond acceptors (Lipinski definition) is 2. The molecule has 0 radical (unpaired) electrons. The van der Waals surface area contributed by atoms with Crippen LogP contribution in [0.25, 0.3) is 11.3 Å². The third-order valence-electron chi connectivity index (χ3n) is 2.26. The van der Waals surface area contributed by atoms with Gasteiger partial charge in [-0.3, -0.25) is 9.89 Å². The number of benzene rings is 1. The Balaban J connectivity index is 2.53. The van der Waals surface area contributed by atoms with E-state index in [0.29, 0.717) is 11.8 Å². The largest absolute Gasteiger partial charge is 0.420 e. The Bertz CT molecular complexity index is 546. The lowest BCUT2D eigenvalue weighted by atomic mass is 10.1. The first-order chi connectivity index (χ1) is 8.02. The van der Waals surface area contributed by atoms with Crippen LogP contribution >= 0.6 is 0 Å². The molecule has 0 spiro atoms. The Labute approximate surface area is 94.3 Å². The van der Waals surface area contributed by atoms with Crippen LogP contribution in [-0.4, -0.2) is 16.5 Å². The zero-order valence-electron chi connectivity index (χ0n) is 8.45. The van der Waals surface area contributed by atoms with E-state index in [-0.39, 0.29) is 11.3 Å². The molecule has 0 aliphatic rings. The fourth-order valence-electron chi connectivity index (χ4n) is 1.49. The molecule has 2 aromatic rings. The second-order valence-electron chi connectivity index (χ2n) is 3.40. The summed E-state index contributed by atoms with van der Waals surface area (Å²) >= 11 is 0. The third kappa shape index (κ3) is 2.20. The minimum Gasteiger partial charge on any atom is -0.298 e. The number of aromatic amines is 1. The summed E-state index contributed by atoms with van der Waals surface area (Å²) in [6.07, 6.45) is -3.17. The van der Waals surface area contributed by atoms with E-state index in [1.54, 1.807) is 0 Å². The van der Waals surface area contributed by atoms with E-state index >= 15 is 0 Å². The predicted molar refractivity (Wildman–Crippen MR) is 54.4 cm³/mol. The van der Waals surface area contributed by atoms with Crippen LogP contribution in [0.4, 0.5) is 13.2 Å². The van der Waals surface area contributed by atoms with Crippen LogP contribution in [0.5, 0.6) is 0 Å². The highest BCUT2D eigenvalue weighted by Gasteiger charge is 2.35. The van der Waals surface area contributed by atoms with Gasteiger partial charge >= 0.3 is 6.18 Å². The summed E-state index contributed by atoms with van der Waals surface area (Å²) in [6.45, 7) is 0. The van der Waals surface area contributed by atoms with E-state index in [0.717, 1.165) is 6.20 Å². The third-order valence-corrected chi connectivity index (χ3v) is 2.26. The quantitative estimate of drug-likeness (QED) is 0.820. The zero-order valence-corrected chi connectivity index (χ0v) is 8.45. The molecule has 1 aromatic heterocycles. The lowest BCUT2D eigenvalue weighted by molar-refractivity contribution is -0.137. The van der Waals surface area contributed by atoms with Crippen LogP contribution in [0.15, 0.2) is 30.5 Å². The van der Waals surface area contributed by atoms with E-state index in [4.69, 9.17) is 0 Å². The average molecular weight is 240 g/mol. The lowest BCUT2D eigenvalue weighted by Crippen LogP contribution is -2.05. The van der Waals surface area contributed by atoms with Gasteiger partial charge in [0.25, 0.3) is 0 Å². The molecule has 2 rings (SSSR count). The molecule has 1 N–H and O–H groups in total. The SMILES string of the molecule is O=Cc1cccc(-c2[nH]ncc2C(F)(F)F)c1. The maximum Gasteiger partial charge on any atom is 0.420 e. The summed E-state index contributed by atoms with van der Waals surface area (Å²) in [7, 11) is 0. The second-order valence-corrected chi connectivity index (χ2v) is 3.40. The molecule has 0 atom stereocenters. The Kier molecular flexibility index (Phi) is 2.71. The zero-order chi connectivity index (χ0) is 12.5. The van der Waals surface area contributed by atoms with Crippen LogP contribution in [-0.2, 0) is 6.18 Å². The van der Waals surface area contributed by atoms with Gasteiger partial charge in [0.1, 0.15) is 11.8 Å². The summed E-state index contributed by atoms with van der Waals surface area (Å²) in [5.74, 6) is 0. The van der Waals surface area contributed by atoms with E-state index in [1.807, 2.05) is 0 Å². The first-order valence-electron chi connectivity index (χ1n) is 4.68. The smallest absolute Gasteiger partial charge is 0.298 e. The van der Waals surface area contributed by atoms with Crippen molar-refractivity contribution in [3.63, 3.8) is 0 Å². The van der Waals surface area contributed by atoms with Crippen LogP contribution in [0.3, 0.4) is 0 Å². The standard InChI is InChI=1S/C11H7F3N2O/c12-11(13,14)9-5-15-16-10(9)8-3-1-2-7(4-8)6-17/h1-6H,(H,15,16). The summed E-state index contributed by atoms with van der Waals surface area (Å²) in [5.41, 5.74) is -0.397. The fraction of sp³-hybridized carbons (Fsp3) is 0.0909. The molecule has 3 nitrogen and oxygen atoms in total. The highest BCUT2D eigenvalue weighted by atomic mass is 19.4. The number of nitrogens with zero attached hydrogens (tertiary/aromatic N) is 1. The molecular weight excluding hydrogens is 233 g/mol. The van der Waals surface area contributed by atoms with Gasteiger partial charge in [-0.2, -0.15) is 18.3 Å². The van der Waals surface area contributed by atoms with Gasteiger partial charge in [-0.1, -0.05) is 18.2 Å². The minimum atomic E-state index is -4.47. The number of aromatic nitrogens is 2. The number of halogens is 3. The highest BCUT2D eigenvalue weighted by molar-refractivity contribution is 5.78. The normalized spacial score (nSPS) is 11.5. The maximum atomic E-state index is 12.6. The molecule has 1 heterocycles. The van der Waals surface area contributed by atoms with Crippen molar-refractivity contribution < 1.29 is 18.0 Å². The summed E-state index contributed by atoms with van der Waals surface area (Å²) in [6, 6.07) is 5.88. The fourth-order valence-corrected chi connectivity index (χ4v) is 1.49. The first-order valence-corrected chi connectivity index (χ1v) is 4.68. The van der Waals surface area contributed by atoms with Gasteiger partial charge in [-0.05, 0) is 6.07 Å². The molecule has 1 aromatic carbocycles. The number of H-pyrrole nitrogens is 1. The molecular formula is C11H7F3N2O. The van der Waals surface area contributed by atoms with Gasteiger partial charge in [0.05, 0.1) is 11.9 Å². The Morgan fingerprint density at radius 3 is 2.71 bits per heavy atom. The topological polar surface area (TPSA) is 45.8 Å². The summed E-state index contributed by atoms with van der Waals surface area (Å²) in [4.78, 5) is 10.6. The summed E-state index contributed by atoms with van der Waals surface area (Å²) < 4.78 is 37.9. The number of nitrogens with one attached hydrogen (secondary N) is 1. The van der Waals surface area contributed by atoms with Gasteiger partial charge in [-0.25, -0.2) is 0 Å². The van der Waals surface area contributed by atoms with Gasteiger partial charge in [0, 0.05) is 11.1 Å². The molecule has 0 saturated carbocycles. The van der Waals surface area contributed by atoms with Gasteiger partial charge in [0.15, 0.2) is 0 Å². The molecule has 0 bridgehead atoms. The Morgan fingerprint density at radius 1 is 1.29 bits per heavy atom. The van der Waals surface area contributed by atoms with Crippen molar-refractivity contribution >= 4 is 6.29 Å². The Hall–Kier alpha value is -2.11. The maximum absolute atomic E-state index is 12.6. The Morgan fingerprint density at radius 2 is 2.06 bits per heavy atom. The van der Waals surface area contributed by atoms with Crippen molar-refractivity contribution in [3.8, 4) is 11.3 Å². The molecule has 0 aliphatic carbocycles. The molecule has 0 saturated heterocycles. The van der Waals surface area contributed by atoms with E-state index in [1.165, 1.54) is 24.3 Å². The van der Waals surface area contributed by atoms with Gasteiger partial charge < -0.3 is 0 Å². The molecule has 0 amide bonds. The van der Waals surface area contributed by atoms with Crippen molar-refractivity contribution in [1.82, 2.24) is 10.2 Å². The van der Waals surface area contributed by atoms with Crippen molar-refractivity contribution in [2.45, 2.75) is 6.18 Å². The van der Waals surface area contributed by atoms with Crippen molar-refractivity contribution in [1.29, 1.82) is 0 Å². The molecule has 6 heteroatoms. The van der Waals surface area contributed by atoms with E-state index < -0.39 is 11.7 Å². The van der Waals surface area contributed by atoms with Crippen LogP contribution < -0.4 is 0 Å². The van der Waals surface area contributed by atoms with Crippen molar-refractivity contribution in [2.24, 2.45) is 0 Å². The molecule has 0 fully saturated rings. The number of aldehydes is 1. The van der Waals surface area contributed by atoms with E-state index in [2.05, 4.69) is 10.2 Å². The number of rotatable bonds is 2. The minimum absolute atomic E-state index is 0.138. The first kappa shape index (κ1) is 11.4. The number of alkyl halides is 3. The van der Waals surface area contributed by atoms with E-state index in [9.17, 15) is 18.0 Å². The van der Waals surface area contributed by atoms with Gasteiger partial charge in [-0.15, -0.1) is 0 Å². The number of carbonyl (C=O) groups is 1. The van der Waals surface area contributed by atoms with Crippen LogP contribution in [0, 0.1) is 0 Å². The predicted octanol–water partition coefficient (Wildman–Crippen LogP) is 2.91. The van der Waals surface area contributed by atoms with Crippen molar-refractivity contribution in [2.75, 3.05) is 0 Å². The van der Waals surface area contributed by atoms with Gasteiger partial charge in [0.2, 0.25) is 0 Å². The number of carbonyl (C=O) groups excluding carboxylic acids is 1. The summed E-state index contributed by atoms with van der Waals surface area (Å²) in [5, 5.41) is 5.68. The molecule has 88 valence electrons. The van der Waals surface area contributed by atoms with Crippen LogP contribution in [0.2, 0.25) is 0 Å². The molecule has 17 heavy (non-hydrogen) atoms. The lowest BCUT2D eigenvalue weighted by Gasteiger charge is -2.07. The highest BCUT2D eigenvalue weighted by Crippen LogP contribution is 2.35. The molecule has 0 unspecified atom stereocenters. The van der Waals surface area contributed by atoms with Crippen LogP contribution in [0.1, 0.15) is 15.9 Å². The number of hydrogen-bond donors (Lipinski definition) is 1. The monoisotopic (exact) mass is 240 g/mol. The average Bonchev–Trinajstić information content (AvgIpc) is 2.77.